The van der Waals surface area contributed by atoms with Gasteiger partial charge in [0.15, 0.2) is 0 Å². The average Bonchev–Trinajstić information content (AvgIpc) is 3.22. The lowest BCUT2D eigenvalue weighted by molar-refractivity contribution is -0.138. The molecule has 0 aliphatic heterocycles. The number of hydrogen-bond donors (Lipinski definition) is 3. The maximum atomic E-state index is 12.9. The summed E-state index contributed by atoms with van der Waals surface area (Å²) in [5, 5.41) is 15.6. The molecule has 1 aromatic carbocycles. The van der Waals surface area contributed by atoms with E-state index in [4.69, 9.17) is 13.9 Å². The van der Waals surface area contributed by atoms with Crippen molar-refractivity contribution in [2.45, 2.75) is 78.2 Å². The fourth-order valence-corrected chi connectivity index (χ4v) is 4.99. The predicted molar refractivity (Wildman–Crippen MR) is 134 cm³/mol. The van der Waals surface area contributed by atoms with Crippen LogP contribution in [0.3, 0.4) is 0 Å². The number of unbranched alkanes of at least 4 members (excludes halogenated alkanes) is 1. The molecule has 9 nitrogen and oxygen atoms in total. The molecule has 1 aliphatic rings. The first kappa shape index (κ1) is 25.5. The van der Waals surface area contributed by atoms with Crippen molar-refractivity contribution in [3.05, 3.63) is 44.5 Å². The molecular weight excluding hydrogens is 464 g/mol. The number of rotatable bonds is 9. The van der Waals surface area contributed by atoms with Crippen LogP contribution >= 0.6 is 0 Å². The number of aliphatic carboxylic acids is 1. The minimum atomic E-state index is -1.17. The molecule has 4 rings (SSSR count). The van der Waals surface area contributed by atoms with Gasteiger partial charge < -0.3 is 24.6 Å². The highest BCUT2D eigenvalue weighted by Gasteiger charge is 2.25. The first-order chi connectivity index (χ1) is 17.2. The SMILES string of the molecule is CCCC[C@@H](NC(=O)Cc1c(C)c2cc3c4c(oc3c(C)c2oc1=O)CCCC4)C(=O)NCC(=O)O. The van der Waals surface area contributed by atoms with E-state index in [0.29, 0.717) is 24.0 Å². The lowest BCUT2D eigenvalue weighted by atomic mass is 9.93. The minimum absolute atomic E-state index is 0.233. The Morgan fingerprint density at radius 3 is 2.50 bits per heavy atom. The van der Waals surface area contributed by atoms with Gasteiger partial charge in [-0.3, -0.25) is 14.4 Å². The Morgan fingerprint density at radius 1 is 1.06 bits per heavy atom. The number of nitrogens with one attached hydrogen (secondary N) is 2. The molecule has 0 saturated heterocycles. The van der Waals surface area contributed by atoms with Gasteiger partial charge in [-0.05, 0) is 51.2 Å². The van der Waals surface area contributed by atoms with Gasteiger partial charge in [0.2, 0.25) is 11.8 Å². The Balaban J connectivity index is 1.64. The fourth-order valence-electron chi connectivity index (χ4n) is 4.99. The zero-order valence-corrected chi connectivity index (χ0v) is 20.9. The number of benzene rings is 1. The molecule has 0 bridgehead atoms. The molecule has 3 N–H and O–H groups in total. The Morgan fingerprint density at radius 2 is 1.78 bits per heavy atom. The summed E-state index contributed by atoms with van der Waals surface area (Å²) >= 11 is 0. The Kier molecular flexibility index (Phi) is 7.47. The van der Waals surface area contributed by atoms with Crippen LogP contribution in [-0.2, 0) is 33.6 Å². The molecule has 1 aliphatic carbocycles. The van der Waals surface area contributed by atoms with Gasteiger partial charge in [0, 0.05) is 28.3 Å². The van der Waals surface area contributed by atoms with Crippen molar-refractivity contribution >= 4 is 39.7 Å². The van der Waals surface area contributed by atoms with E-state index in [1.54, 1.807) is 6.92 Å². The van der Waals surface area contributed by atoms with Crippen molar-refractivity contribution in [3.63, 3.8) is 0 Å². The molecule has 0 radical (unpaired) electrons. The van der Waals surface area contributed by atoms with Crippen molar-refractivity contribution in [2.75, 3.05) is 6.54 Å². The maximum Gasteiger partial charge on any atom is 0.340 e. The molecule has 2 amide bonds. The zero-order valence-electron chi connectivity index (χ0n) is 20.9. The number of furan rings is 1. The smallest absolute Gasteiger partial charge is 0.340 e. The average molecular weight is 497 g/mol. The second-order valence-electron chi connectivity index (χ2n) is 9.51. The first-order valence-corrected chi connectivity index (χ1v) is 12.5. The van der Waals surface area contributed by atoms with Gasteiger partial charge in [0.25, 0.3) is 0 Å². The predicted octanol–water partition coefficient (Wildman–Crippen LogP) is 3.45. The van der Waals surface area contributed by atoms with E-state index < -0.39 is 36.0 Å². The first-order valence-electron chi connectivity index (χ1n) is 12.5. The summed E-state index contributed by atoms with van der Waals surface area (Å²) in [6, 6.07) is 1.11. The van der Waals surface area contributed by atoms with Crippen LogP contribution in [0.25, 0.3) is 21.9 Å². The summed E-state index contributed by atoms with van der Waals surface area (Å²) in [5.74, 6) is -1.25. The lowest BCUT2D eigenvalue weighted by Crippen LogP contribution is -2.48. The second kappa shape index (κ2) is 10.6. The summed E-state index contributed by atoms with van der Waals surface area (Å²) in [7, 11) is 0. The van der Waals surface area contributed by atoms with E-state index in [1.807, 2.05) is 19.9 Å². The van der Waals surface area contributed by atoms with E-state index in [0.717, 1.165) is 59.8 Å². The van der Waals surface area contributed by atoms with Gasteiger partial charge >= 0.3 is 11.6 Å². The van der Waals surface area contributed by atoms with E-state index in [1.165, 1.54) is 5.56 Å². The summed E-state index contributed by atoms with van der Waals surface area (Å²) < 4.78 is 11.8. The van der Waals surface area contributed by atoms with E-state index >= 15 is 0 Å². The van der Waals surface area contributed by atoms with Crippen molar-refractivity contribution in [1.29, 1.82) is 0 Å². The van der Waals surface area contributed by atoms with Gasteiger partial charge in [-0.25, -0.2) is 4.79 Å². The standard InChI is InChI=1S/C27H32N2O7/c1-4-5-9-20(26(33)28-13-23(31)32)29-22(30)12-18-14(2)17-11-19-16-8-6-7-10-21(16)35-25(19)15(3)24(17)36-27(18)34/h11,20H,4-10,12-13H2,1-3H3,(H,28,33)(H,29,30)(H,31,32)/t20-/m1/s1. The topological polar surface area (TPSA) is 139 Å². The van der Waals surface area contributed by atoms with Crippen molar-refractivity contribution in [1.82, 2.24) is 10.6 Å². The van der Waals surface area contributed by atoms with Gasteiger partial charge in [0.1, 0.15) is 29.5 Å². The molecule has 0 unspecified atom stereocenters. The number of carboxylic acid groups (broad SMARTS) is 1. The Hall–Kier alpha value is -3.62. The van der Waals surface area contributed by atoms with Crippen LogP contribution in [0.2, 0.25) is 0 Å². The molecule has 36 heavy (non-hydrogen) atoms. The molecule has 0 fully saturated rings. The molecule has 9 heteroatoms. The molecule has 192 valence electrons. The highest BCUT2D eigenvalue weighted by molar-refractivity contribution is 6.00. The molecule has 0 saturated carbocycles. The fraction of sp³-hybridized carbons (Fsp3) is 0.481. The number of aryl methyl sites for hydroxylation is 4. The van der Waals surface area contributed by atoms with Crippen molar-refractivity contribution < 1.29 is 28.3 Å². The van der Waals surface area contributed by atoms with Gasteiger partial charge in [0.05, 0.1) is 12.0 Å². The molecule has 0 spiro atoms. The van der Waals surface area contributed by atoms with Crippen LogP contribution in [0.1, 0.15) is 67.0 Å². The highest BCUT2D eigenvalue weighted by atomic mass is 16.4. The monoisotopic (exact) mass is 496 g/mol. The van der Waals surface area contributed by atoms with Crippen LogP contribution in [0.5, 0.6) is 0 Å². The maximum absolute atomic E-state index is 12.9. The quantitative estimate of drug-likeness (QED) is 0.386. The number of amides is 2. The van der Waals surface area contributed by atoms with Gasteiger partial charge in [-0.2, -0.15) is 0 Å². The third kappa shape index (κ3) is 5.01. The van der Waals surface area contributed by atoms with E-state index in [2.05, 4.69) is 10.6 Å². The lowest BCUT2D eigenvalue weighted by Gasteiger charge is -2.18. The molecule has 3 aromatic rings. The Bertz CT molecular complexity index is 1400. The van der Waals surface area contributed by atoms with Crippen LogP contribution < -0.4 is 16.3 Å². The normalized spacial score (nSPS) is 14.0. The molecule has 1 atom stereocenters. The van der Waals surface area contributed by atoms with Crippen LogP contribution in [-0.4, -0.2) is 35.5 Å². The summed E-state index contributed by atoms with van der Waals surface area (Å²) in [6.45, 7) is 5.10. The summed E-state index contributed by atoms with van der Waals surface area (Å²) in [5.41, 5.74) is 3.46. The largest absolute Gasteiger partial charge is 0.480 e. The highest BCUT2D eigenvalue weighted by Crippen LogP contribution is 2.37. The zero-order chi connectivity index (χ0) is 26.0. The third-order valence-corrected chi connectivity index (χ3v) is 6.97. The van der Waals surface area contributed by atoms with Crippen LogP contribution in [0, 0.1) is 13.8 Å². The van der Waals surface area contributed by atoms with E-state index in [-0.39, 0.29) is 12.0 Å². The number of carbonyl (C=O) groups is 3. The number of hydrogen-bond acceptors (Lipinski definition) is 6. The van der Waals surface area contributed by atoms with Crippen LogP contribution in [0.15, 0.2) is 19.7 Å². The van der Waals surface area contributed by atoms with Gasteiger partial charge in [-0.1, -0.05) is 19.8 Å². The van der Waals surface area contributed by atoms with Crippen molar-refractivity contribution in [3.8, 4) is 0 Å². The third-order valence-electron chi connectivity index (χ3n) is 6.97. The van der Waals surface area contributed by atoms with E-state index in [9.17, 15) is 19.2 Å². The van der Waals surface area contributed by atoms with Crippen molar-refractivity contribution in [2.24, 2.45) is 0 Å². The van der Waals surface area contributed by atoms with Gasteiger partial charge in [-0.15, -0.1) is 0 Å². The number of fused-ring (bicyclic) bond motifs is 4. The minimum Gasteiger partial charge on any atom is -0.480 e. The number of carbonyl (C=O) groups excluding carboxylic acids is 2. The molecule has 2 aromatic heterocycles. The van der Waals surface area contributed by atoms with Crippen LogP contribution in [0.4, 0.5) is 0 Å². The Labute approximate surface area is 208 Å². The summed E-state index contributed by atoms with van der Waals surface area (Å²) in [6.07, 6.45) is 5.62. The molecule has 2 heterocycles. The second-order valence-corrected chi connectivity index (χ2v) is 9.51. The number of carboxylic acids is 1. The molecular formula is C27H32N2O7. The summed E-state index contributed by atoms with van der Waals surface area (Å²) in [4.78, 5) is 49.0.